The van der Waals surface area contributed by atoms with Crippen molar-refractivity contribution in [3.8, 4) is 0 Å². The van der Waals surface area contributed by atoms with Crippen LogP contribution >= 0.6 is 11.3 Å². The molecule has 0 spiro atoms. The van der Waals surface area contributed by atoms with Crippen LogP contribution in [0.2, 0.25) is 0 Å². The second-order valence-electron chi connectivity index (χ2n) is 3.95. The standard InChI is InChI=1S/C11H19N5OS/c1-8-7-18-9(15-8)5-13-11(12-2)14-6-10(17)16(3)4/h7H,5-6H2,1-4H3,(H2,12,13,14). The second-order valence-corrected chi connectivity index (χ2v) is 4.89. The van der Waals surface area contributed by atoms with Gasteiger partial charge in [-0.3, -0.25) is 9.79 Å². The zero-order chi connectivity index (χ0) is 13.5. The van der Waals surface area contributed by atoms with Crippen LogP contribution in [0.3, 0.4) is 0 Å². The molecule has 1 amide bonds. The number of nitrogens with one attached hydrogen (secondary N) is 2. The molecule has 1 heterocycles. The van der Waals surface area contributed by atoms with E-state index in [9.17, 15) is 4.79 Å². The minimum Gasteiger partial charge on any atom is -0.350 e. The highest BCUT2D eigenvalue weighted by Gasteiger charge is 2.05. The molecule has 100 valence electrons. The molecular weight excluding hydrogens is 250 g/mol. The van der Waals surface area contributed by atoms with Gasteiger partial charge in [0.15, 0.2) is 5.96 Å². The number of amides is 1. The summed E-state index contributed by atoms with van der Waals surface area (Å²) in [6, 6.07) is 0. The lowest BCUT2D eigenvalue weighted by Gasteiger charge is -2.13. The van der Waals surface area contributed by atoms with Crippen molar-refractivity contribution >= 4 is 23.2 Å². The molecule has 0 aliphatic carbocycles. The van der Waals surface area contributed by atoms with Gasteiger partial charge < -0.3 is 15.5 Å². The third-order valence-corrected chi connectivity index (χ3v) is 3.17. The predicted molar refractivity (Wildman–Crippen MR) is 73.7 cm³/mol. The molecule has 18 heavy (non-hydrogen) atoms. The molecule has 0 fully saturated rings. The number of rotatable bonds is 4. The Kier molecular flexibility index (Phi) is 5.57. The summed E-state index contributed by atoms with van der Waals surface area (Å²) >= 11 is 1.60. The minimum absolute atomic E-state index is 0.00282. The molecule has 1 rings (SSSR count). The lowest BCUT2D eigenvalue weighted by molar-refractivity contribution is -0.127. The molecule has 6 nitrogen and oxygen atoms in total. The first-order valence-electron chi connectivity index (χ1n) is 5.58. The molecule has 7 heteroatoms. The highest BCUT2D eigenvalue weighted by atomic mass is 32.1. The fourth-order valence-electron chi connectivity index (χ4n) is 1.18. The van der Waals surface area contributed by atoms with Gasteiger partial charge in [0.25, 0.3) is 0 Å². The van der Waals surface area contributed by atoms with Crippen molar-refractivity contribution in [2.24, 2.45) is 4.99 Å². The van der Waals surface area contributed by atoms with E-state index in [4.69, 9.17) is 0 Å². The first-order valence-corrected chi connectivity index (χ1v) is 6.46. The van der Waals surface area contributed by atoms with Crippen molar-refractivity contribution in [3.63, 3.8) is 0 Å². The van der Waals surface area contributed by atoms with Gasteiger partial charge in [0.05, 0.1) is 13.1 Å². The van der Waals surface area contributed by atoms with E-state index in [1.807, 2.05) is 12.3 Å². The van der Waals surface area contributed by atoms with E-state index in [-0.39, 0.29) is 12.5 Å². The predicted octanol–water partition coefficient (Wildman–Crippen LogP) is 0.205. The normalized spacial score (nSPS) is 11.2. The first-order chi connectivity index (χ1) is 8.52. The molecule has 0 unspecified atom stereocenters. The van der Waals surface area contributed by atoms with Crippen molar-refractivity contribution in [2.45, 2.75) is 13.5 Å². The fourth-order valence-corrected chi connectivity index (χ4v) is 1.89. The summed E-state index contributed by atoms with van der Waals surface area (Å²) in [4.78, 5) is 21.3. The maximum Gasteiger partial charge on any atom is 0.241 e. The zero-order valence-electron chi connectivity index (χ0n) is 11.1. The number of aliphatic imine (C=N–C) groups is 1. The maximum atomic E-state index is 11.4. The molecular formula is C11H19N5OS. The Morgan fingerprint density at radius 2 is 2.22 bits per heavy atom. The van der Waals surface area contributed by atoms with Gasteiger partial charge in [-0.1, -0.05) is 0 Å². The monoisotopic (exact) mass is 269 g/mol. The summed E-state index contributed by atoms with van der Waals surface area (Å²) in [5.74, 6) is 0.598. The molecule has 0 bridgehead atoms. The number of carbonyl (C=O) groups is 1. The van der Waals surface area contributed by atoms with Gasteiger partial charge in [0.2, 0.25) is 5.91 Å². The van der Waals surface area contributed by atoms with E-state index in [0.29, 0.717) is 12.5 Å². The fraction of sp³-hybridized carbons (Fsp3) is 0.545. The number of carbonyl (C=O) groups excluding carboxylic acids is 1. The van der Waals surface area contributed by atoms with Crippen LogP contribution in [0.25, 0.3) is 0 Å². The molecule has 2 N–H and O–H groups in total. The number of thiazole rings is 1. The molecule has 0 saturated heterocycles. The third-order valence-electron chi connectivity index (χ3n) is 2.20. The molecule has 0 aromatic carbocycles. The summed E-state index contributed by atoms with van der Waals surface area (Å²) in [7, 11) is 5.11. The molecule has 0 saturated carbocycles. The Bertz CT molecular complexity index is 427. The summed E-state index contributed by atoms with van der Waals surface area (Å²) in [5, 5.41) is 9.06. The highest BCUT2D eigenvalue weighted by Crippen LogP contribution is 2.07. The van der Waals surface area contributed by atoms with Crippen LogP contribution in [0.15, 0.2) is 10.4 Å². The largest absolute Gasteiger partial charge is 0.350 e. The van der Waals surface area contributed by atoms with E-state index in [0.717, 1.165) is 10.7 Å². The lowest BCUT2D eigenvalue weighted by Crippen LogP contribution is -2.42. The Hall–Kier alpha value is -1.63. The highest BCUT2D eigenvalue weighted by molar-refractivity contribution is 7.09. The van der Waals surface area contributed by atoms with Gasteiger partial charge in [-0.05, 0) is 6.92 Å². The van der Waals surface area contributed by atoms with Crippen LogP contribution in [0, 0.1) is 6.92 Å². The SMILES string of the molecule is CN=C(NCC(=O)N(C)C)NCc1nc(C)cs1. The van der Waals surface area contributed by atoms with E-state index in [1.54, 1.807) is 32.5 Å². The van der Waals surface area contributed by atoms with Crippen molar-refractivity contribution in [1.29, 1.82) is 0 Å². The van der Waals surface area contributed by atoms with Gasteiger partial charge in [0, 0.05) is 32.2 Å². The van der Waals surface area contributed by atoms with E-state index >= 15 is 0 Å². The number of likely N-dealkylation sites (N-methyl/N-ethyl adjacent to an activating group) is 1. The van der Waals surface area contributed by atoms with Crippen molar-refractivity contribution < 1.29 is 4.79 Å². The van der Waals surface area contributed by atoms with Crippen LogP contribution in [-0.2, 0) is 11.3 Å². The van der Waals surface area contributed by atoms with Crippen LogP contribution in [0.1, 0.15) is 10.7 Å². The summed E-state index contributed by atoms with van der Waals surface area (Å²) < 4.78 is 0. The van der Waals surface area contributed by atoms with Gasteiger partial charge in [0.1, 0.15) is 5.01 Å². The van der Waals surface area contributed by atoms with Gasteiger partial charge in [-0.25, -0.2) is 4.98 Å². The molecule has 0 aliphatic heterocycles. The minimum atomic E-state index is 0.00282. The number of hydrogen-bond donors (Lipinski definition) is 2. The number of guanidine groups is 1. The lowest BCUT2D eigenvalue weighted by atomic mass is 10.5. The summed E-state index contributed by atoms with van der Waals surface area (Å²) in [6.45, 7) is 2.79. The third kappa shape index (κ3) is 4.70. The van der Waals surface area contributed by atoms with Gasteiger partial charge in [-0.15, -0.1) is 11.3 Å². The second kappa shape index (κ2) is 6.95. The Morgan fingerprint density at radius 1 is 1.50 bits per heavy atom. The van der Waals surface area contributed by atoms with E-state index in [1.165, 1.54) is 4.90 Å². The van der Waals surface area contributed by atoms with Crippen LogP contribution < -0.4 is 10.6 Å². The molecule has 1 aromatic rings. The van der Waals surface area contributed by atoms with Gasteiger partial charge >= 0.3 is 0 Å². The van der Waals surface area contributed by atoms with Crippen LogP contribution in [0.4, 0.5) is 0 Å². The molecule has 0 radical (unpaired) electrons. The Labute approximate surface area is 111 Å². The number of nitrogens with zero attached hydrogens (tertiary/aromatic N) is 3. The molecule has 0 atom stereocenters. The van der Waals surface area contributed by atoms with E-state index in [2.05, 4.69) is 20.6 Å². The number of aryl methyl sites for hydroxylation is 1. The number of hydrogen-bond acceptors (Lipinski definition) is 4. The van der Waals surface area contributed by atoms with Gasteiger partial charge in [-0.2, -0.15) is 0 Å². The van der Waals surface area contributed by atoms with Crippen molar-refractivity contribution in [2.75, 3.05) is 27.7 Å². The molecule has 1 aromatic heterocycles. The average molecular weight is 269 g/mol. The number of aromatic nitrogens is 1. The zero-order valence-corrected chi connectivity index (χ0v) is 12.0. The maximum absolute atomic E-state index is 11.4. The quantitative estimate of drug-likeness (QED) is 0.605. The van der Waals surface area contributed by atoms with Crippen LogP contribution in [-0.4, -0.2) is 49.4 Å². The summed E-state index contributed by atoms with van der Waals surface area (Å²) in [5.41, 5.74) is 1.02. The molecule has 0 aliphatic rings. The van der Waals surface area contributed by atoms with Crippen LogP contribution in [0.5, 0.6) is 0 Å². The first kappa shape index (κ1) is 14.4. The summed E-state index contributed by atoms with van der Waals surface area (Å²) in [6.07, 6.45) is 0. The van der Waals surface area contributed by atoms with Crippen molar-refractivity contribution in [1.82, 2.24) is 20.5 Å². The smallest absolute Gasteiger partial charge is 0.241 e. The average Bonchev–Trinajstić information content (AvgIpc) is 2.74. The van der Waals surface area contributed by atoms with Crippen molar-refractivity contribution in [3.05, 3.63) is 16.1 Å². The Morgan fingerprint density at radius 3 is 2.72 bits per heavy atom. The van der Waals surface area contributed by atoms with E-state index < -0.39 is 0 Å². The Balaban J connectivity index is 2.37. The topological polar surface area (TPSA) is 69.6 Å².